The van der Waals surface area contributed by atoms with Crippen LogP contribution in [0.25, 0.3) is 0 Å². The average molecular weight is 143 g/mol. The van der Waals surface area contributed by atoms with Gasteiger partial charge in [-0.2, -0.15) is 0 Å². The van der Waals surface area contributed by atoms with Crippen molar-refractivity contribution in [1.29, 1.82) is 0 Å². The molecule has 0 bridgehead atoms. The molecule has 3 nitrogen and oxygen atoms in total. The smallest absolute Gasteiger partial charge is 0.220 e. The zero-order chi connectivity index (χ0) is 7.98. The van der Waals surface area contributed by atoms with E-state index in [0.29, 0.717) is 6.42 Å². The quantitative estimate of drug-likeness (QED) is 0.622. The SMILES string of the molecule is CCCC(=O)NCC(C)=O. The predicted molar refractivity (Wildman–Crippen MR) is 38.6 cm³/mol. The first kappa shape index (κ1) is 9.14. The second kappa shape index (κ2) is 4.97. The molecular formula is C7H13NO2. The second-order valence-electron chi connectivity index (χ2n) is 2.23. The van der Waals surface area contributed by atoms with Gasteiger partial charge in [-0.15, -0.1) is 0 Å². The van der Waals surface area contributed by atoms with Crippen LogP contribution in [0.5, 0.6) is 0 Å². The van der Waals surface area contributed by atoms with Gasteiger partial charge in [0.05, 0.1) is 6.54 Å². The molecule has 0 fully saturated rings. The Morgan fingerprint density at radius 1 is 1.40 bits per heavy atom. The number of amides is 1. The average Bonchev–Trinajstić information content (AvgIpc) is 1.85. The van der Waals surface area contributed by atoms with E-state index in [4.69, 9.17) is 0 Å². The van der Waals surface area contributed by atoms with Gasteiger partial charge in [0, 0.05) is 6.42 Å². The summed E-state index contributed by atoms with van der Waals surface area (Å²) < 4.78 is 0. The number of rotatable bonds is 4. The van der Waals surface area contributed by atoms with Crippen LogP contribution in [0, 0.1) is 0 Å². The number of carbonyl (C=O) groups excluding carboxylic acids is 2. The van der Waals surface area contributed by atoms with E-state index in [1.54, 1.807) is 0 Å². The highest BCUT2D eigenvalue weighted by Crippen LogP contribution is 1.84. The molecule has 0 unspecified atom stereocenters. The number of Topliss-reactive ketones (excluding diaryl/α,β-unsaturated/α-hetero) is 1. The molecule has 0 aromatic heterocycles. The molecule has 1 N–H and O–H groups in total. The standard InChI is InChI=1S/C7H13NO2/c1-3-4-7(10)8-5-6(2)9/h3-5H2,1-2H3,(H,8,10). The Hall–Kier alpha value is -0.860. The summed E-state index contributed by atoms with van der Waals surface area (Å²) in [6.45, 7) is 3.54. The molecule has 0 rings (SSSR count). The van der Waals surface area contributed by atoms with E-state index in [0.717, 1.165) is 6.42 Å². The third kappa shape index (κ3) is 5.28. The van der Waals surface area contributed by atoms with Crippen LogP contribution in [0.1, 0.15) is 26.7 Å². The molecule has 0 spiro atoms. The van der Waals surface area contributed by atoms with E-state index in [1.807, 2.05) is 6.92 Å². The largest absolute Gasteiger partial charge is 0.349 e. The molecule has 0 radical (unpaired) electrons. The van der Waals surface area contributed by atoms with Gasteiger partial charge < -0.3 is 5.32 Å². The Labute approximate surface area is 60.8 Å². The van der Waals surface area contributed by atoms with Crippen LogP contribution in [0.4, 0.5) is 0 Å². The van der Waals surface area contributed by atoms with Crippen molar-refractivity contribution in [1.82, 2.24) is 5.32 Å². The fourth-order valence-corrected chi connectivity index (χ4v) is 0.539. The number of hydrogen-bond acceptors (Lipinski definition) is 2. The first-order valence-electron chi connectivity index (χ1n) is 3.43. The summed E-state index contributed by atoms with van der Waals surface area (Å²) >= 11 is 0. The van der Waals surface area contributed by atoms with Gasteiger partial charge in [0.25, 0.3) is 0 Å². The molecule has 0 heterocycles. The summed E-state index contributed by atoms with van der Waals surface area (Å²) in [4.78, 5) is 21.0. The second-order valence-corrected chi connectivity index (χ2v) is 2.23. The first-order chi connectivity index (χ1) is 4.66. The molecule has 0 saturated carbocycles. The van der Waals surface area contributed by atoms with Crippen molar-refractivity contribution in [3.05, 3.63) is 0 Å². The lowest BCUT2D eigenvalue weighted by atomic mass is 10.3. The van der Waals surface area contributed by atoms with Crippen LogP contribution in [0.3, 0.4) is 0 Å². The van der Waals surface area contributed by atoms with E-state index in [1.165, 1.54) is 6.92 Å². The van der Waals surface area contributed by atoms with E-state index >= 15 is 0 Å². The zero-order valence-electron chi connectivity index (χ0n) is 6.44. The lowest BCUT2D eigenvalue weighted by Crippen LogP contribution is -2.27. The number of carbonyl (C=O) groups is 2. The topological polar surface area (TPSA) is 46.2 Å². The Morgan fingerprint density at radius 2 is 2.00 bits per heavy atom. The lowest BCUT2D eigenvalue weighted by Gasteiger charge is -1.98. The van der Waals surface area contributed by atoms with Crippen LogP contribution in [-0.4, -0.2) is 18.2 Å². The first-order valence-corrected chi connectivity index (χ1v) is 3.43. The van der Waals surface area contributed by atoms with Gasteiger partial charge in [0.1, 0.15) is 5.78 Å². The summed E-state index contributed by atoms with van der Waals surface area (Å²) in [5, 5.41) is 2.49. The minimum atomic E-state index is -0.0438. The van der Waals surface area contributed by atoms with Gasteiger partial charge in [0.15, 0.2) is 0 Å². The maximum atomic E-state index is 10.7. The minimum Gasteiger partial charge on any atom is -0.349 e. The van der Waals surface area contributed by atoms with E-state index < -0.39 is 0 Å². The molecule has 58 valence electrons. The summed E-state index contributed by atoms with van der Waals surface area (Å²) in [5.41, 5.74) is 0. The van der Waals surface area contributed by atoms with Gasteiger partial charge >= 0.3 is 0 Å². The summed E-state index contributed by atoms with van der Waals surface area (Å²) in [6.07, 6.45) is 1.33. The van der Waals surface area contributed by atoms with Gasteiger partial charge in [-0.3, -0.25) is 9.59 Å². The third-order valence-corrected chi connectivity index (χ3v) is 1.01. The van der Waals surface area contributed by atoms with Crippen LogP contribution in [0.2, 0.25) is 0 Å². The number of nitrogens with one attached hydrogen (secondary N) is 1. The fraction of sp³-hybridized carbons (Fsp3) is 0.714. The van der Waals surface area contributed by atoms with Crippen molar-refractivity contribution in [3.8, 4) is 0 Å². The summed E-state index contributed by atoms with van der Waals surface area (Å²) in [6, 6.07) is 0. The van der Waals surface area contributed by atoms with E-state index in [-0.39, 0.29) is 18.2 Å². The Morgan fingerprint density at radius 3 is 2.40 bits per heavy atom. The molecule has 3 heteroatoms. The van der Waals surface area contributed by atoms with Gasteiger partial charge in [-0.1, -0.05) is 6.92 Å². The van der Waals surface area contributed by atoms with Crippen LogP contribution >= 0.6 is 0 Å². The monoisotopic (exact) mass is 143 g/mol. The lowest BCUT2D eigenvalue weighted by molar-refractivity contribution is -0.124. The highest BCUT2D eigenvalue weighted by molar-refractivity contribution is 5.84. The molecule has 0 saturated heterocycles. The van der Waals surface area contributed by atoms with Gasteiger partial charge in [0.2, 0.25) is 5.91 Å². The van der Waals surface area contributed by atoms with Crippen molar-refractivity contribution in [2.75, 3.05) is 6.54 Å². The highest BCUT2D eigenvalue weighted by atomic mass is 16.2. The maximum Gasteiger partial charge on any atom is 0.220 e. The van der Waals surface area contributed by atoms with E-state index in [2.05, 4.69) is 5.32 Å². The predicted octanol–water partition coefficient (Wildman–Crippen LogP) is 0.492. The third-order valence-electron chi connectivity index (χ3n) is 1.01. The molecule has 0 aliphatic rings. The fourth-order valence-electron chi connectivity index (χ4n) is 0.539. The van der Waals surface area contributed by atoms with Crippen molar-refractivity contribution < 1.29 is 9.59 Å². The molecule has 1 amide bonds. The maximum absolute atomic E-state index is 10.7. The van der Waals surface area contributed by atoms with Crippen molar-refractivity contribution in [2.45, 2.75) is 26.7 Å². The molecule has 0 aliphatic carbocycles. The van der Waals surface area contributed by atoms with Gasteiger partial charge in [-0.25, -0.2) is 0 Å². The molecule has 0 atom stereocenters. The van der Waals surface area contributed by atoms with Crippen molar-refractivity contribution in [3.63, 3.8) is 0 Å². The Balaban J connectivity index is 3.30. The molecular weight excluding hydrogens is 130 g/mol. The van der Waals surface area contributed by atoms with Crippen molar-refractivity contribution in [2.24, 2.45) is 0 Å². The zero-order valence-corrected chi connectivity index (χ0v) is 6.44. The number of ketones is 1. The summed E-state index contributed by atoms with van der Waals surface area (Å²) in [5.74, 6) is -0.0536. The Kier molecular flexibility index (Phi) is 4.54. The van der Waals surface area contributed by atoms with Crippen LogP contribution in [-0.2, 0) is 9.59 Å². The highest BCUT2D eigenvalue weighted by Gasteiger charge is 1.98. The summed E-state index contributed by atoms with van der Waals surface area (Å²) in [7, 11) is 0. The minimum absolute atomic E-state index is 0.00977. The van der Waals surface area contributed by atoms with Crippen LogP contribution in [0.15, 0.2) is 0 Å². The van der Waals surface area contributed by atoms with Crippen LogP contribution < -0.4 is 5.32 Å². The van der Waals surface area contributed by atoms with E-state index in [9.17, 15) is 9.59 Å². The molecule has 10 heavy (non-hydrogen) atoms. The molecule has 0 aliphatic heterocycles. The normalized spacial score (nSPS) is 9.00. The Bertz CT molecular complexity index is 132. The molecule has 0 aromatic carbocycles. The number of hydrogen-bond donors (Lipinski definition) is 1. The van der Waals surface area contributed by atoms with Crippen molar-refractivity contribution >= 4 is 11.7 Å². The molecule has 0 aromatic rings. The van der Waals surface area contributed by atoms with Gasteiger partial charge in [-0.05, 0) is 13.3 Å².